The van der Waals surface area contributed by atoms with E-state index in [1.807, 2.05) is 48.5 Å². The van der Waals surface area contributed by atoms with Crippen LogP contribution in [0.4, 0.5) is 21.9 Å². The van der Waals surface area contributed by atoms with Crippen molar-refractivity contribution in [3.63, 3.8) is 0 Å². The van der Waals surface area contributed by atoms with Gasteiger partial charge in [-0.25, -0.2) is 19.9 Å². The number of benzene rings is 1. The number of carbonyl (C=O) groups excluding carboxylic acids is 2. The molecule has 2 aliphatic rings. The predicted octanol–water partition coefficient (Wildman–Crippen LogP) is 3.22. The Bertz CT molecular complexity index is 1570. The molecule has 5 aromatic rings. The van der Waals surface area contributed by atoms with E-state index in [0.29, 0.717) is 23.4 Å². The molecule has 44 heavy (non-hydrogen) atoms. The van der Waals surface area contributed by atoms with Gasteiger partial charge in [-0.2, -0.15) is 0 Å². The highest BCUT2D eigenvalue weighted by molar-refractivity contribution is 7.24. The van der Waals surface area contributed by atoms with Crippen molar-refractivity contribution in [1.82, 2.24) is 29.7 Å². The standard InChI is InChI=1S/C30H32N10O2S2/c41-27(19-37-9-13-39(14-10-37)25-5-1-3-7-31-25)35-29-33-21-17-22-24(18-23(21)43-29)44-30(34-22)36-28(42)20-38-11-15-40(16-12-38)26-6-2-4-8-32-26/h1-8,17-18H,9-16,19-20H2,(H,33,35,41)(H,34,36,42). The molecule has 2 saturated heterocycles. The molecule has 14 heteroatoms. The summed E-state index contributed by atoms with van der Waals surface area (Å²) in [5.74, 6) is 1.81. The van der Waals surface area contributed by atoms with Crippen molar-refractivity contribution in [2.75, 3.05) is 85.9 Å². The van der Waals surface area contributed by atoms with E-state index >= 15 is 0 Å². The summed E-state index contributed by atoms with van der Waals surface area (Å²) in [6.07, 6.45) is 3.61. The molecule has 2 aliphatic heterocycles. The molecule has 6 heterocycles. The minimum Gasteiger partial charge on any atom is -0.354 e. The fourth-order valence-corrected chi connectivity index (χ4v) is 7.41. The molecule has 0 bridgehead atoms. The second-order valence-electron chi connectivity index (χ2n) is 10.8. The number of nitrogens with one attached hydrogen (secondary N) is 2. The second-order valence-corrected chi connectivity index (χ2v) is 12.9. The molecule has 2 fully saturated rings. The number of hydrogen-bond donors (Lipinski definition) is 2. The first-order valence-electron chi connectivity index (χ1n) is 14.6. The molecule has 4 aromatic heterocycles. The van der Waals surface area contributed by atoms with Gasteiger partial charge >= 0.3 is 0 Å². The summed E-state index contributed by atoms with van der Waals surface area (Å²) < 4.78 is 1.92. The van der Waals surface area contributed by atoms with E-state index in [4.69, 9.17) is 0 Å². The zero-order valence-electron chi connectivity index (χ0n) is 24.1. The number of nitrogens with zero attached hydrogens (tertiary/aromatic N) is 8. The van der Waals surface area contributed by atoms with Crippen LogP contribution in [0.3, 0.4) is 0 Å². The lowest BCUT2D eigenvalue weighted by Crippen LogP contribution is -2.48. The molecular weight excluding hydrogens is 597 g/mol. The molecule has 0 spiro atoms. The fraction of sp³-hybridized carbons (Fsp3) is 0.333. The van der Waals surface area contributed by atoms with Gasteiger partial charge in [-0.15, -0.1) is 0 Å². The van der Waals surface area contributed by atoms with Crippen LogP contribution in [0, 0.1) is 0 Å². The maximum atomic E-state index is 12.8. The van der Waals surface area contributed by atoms with Gasteiger partial charge in [0.2, 0.25) is 11.8 Å². The summed E-state index contributed by atoms with van der Waals surface area (Å²) in [6, 6.07) is 15.8. The predicted molar refractivity (Wildman–Crippen MR) is 176 cm³/mol. The minimum absolute atomic E-state index is 0.0709. The van der Waals surface area contributed by atoms with Crippen molar-refractivity contribution >= 4 is 76.8 Å². The van der Waals surface area contributed by atoms with Crippen LogP contribution in [-0.2, 0) is 9.59 Å². The molecule has 0 radical (unpaired) electrons. The molecule has 0 saturated carbocycles. The topological polar surface area (TPSA) is 123 Å². The van der Waals surface area contributed by atoms with Crippen LogP contribution in [0.25, 0.3) is 20.4 Å². The number of pyridine rings is 2. The number of rotatable bonds is 8. The highest BCUT2D eigenvalue weighted by Gasteiger charge is 2.22. The summed E-state index contributed by atoms with van der Waals surface area (Å²) >= 11 is 2.89. The highest BCUT2D eigenvalue weighted by atomic mass is 32.1. The number of anilines is 4. The number of amides is 2. The highest BCUT2D eigenvalue weighted by Crippen LogP contribution is 2.34. The van der Waals surface area contributed by atoms with Crippen molar-refractivity contribution in [2.45, 2.75) is 0 Å². The fourth-order valence-electron chi connectivity index (χ4n) is 5.53. The smallest absolute Gasteiger partial charge is 0.240 e. The Kier molecular flexibility index (Phi) is 8.29. The maximum Gasteiger partial charge on any atom is 0.240 e. The van der Waals surface area contributed by atoms with Gasteiger partial charge in [0.15, 0.2) is 10.3 Å². The minimum atomic E-state index is -0.0709. The molecule has 12 nitrogen and oxygen atoms in total. The molecule has 0 aliphatic carbocycles. The SMILES string of the molecule is O=C(CN1CCN(c2ccccn2)CC1)Nc1nc2cc3nc(NC(=O)CN4CCN(c5ccccn5)CC4)sc3cc2s1. The van der Waals surface area contributed by atoms with E-state index in [0.717, 1.165) is 84.4 Å². The lowest BCUT2D eigenvalue weighted by atomic mass is 10.3. The van der Waals surface area contributed by atoms with Crippen molar-refractivity contribution in [3.8, 4) is 0 Å². The third-order valence-electron chi connectivity index (χ3n) is 7.82. The molecular formula is C30H32N10O2S2. The summed E-state index contributed by atoms with van der Waals surface area (Å²) in [5, 5.41) is 7.10. The number of fused-ring (bicyclic) bond motifs is 2. The van der Waals surface area contributed by atoms with Gasteiger partial charge in [0.25, 0.3) is 0 Å². The second kappa shape index (κ2) is 12.8. The quantitative estimate of drug-likeness (QED) is 0.265. The van der Waals surface area contributed by atoms with E-state index in [9.17, 15) is 9.59 Å². The van der Waals surface area contributed by atoms with Gasteiger partial charge in [0, 0.05) is 64.8 Å². The lowest BCUT2D eigenvalue weighted by Gasteiger charge is -2.34. The Hall–Kier alpha value is -4.24. The normalized spacial score (nSPS) is 16.5. The van der Waals surface area contributed by atoms with Crippen LogP contribution in [-0.4, -0.2) is 107 Å². The number of carbonyl (C=O) groups is 2. The van der Waals surface area contributed by atoms with E-state index in [1.165, 1.54) is 22.7 Å². The molecule has 0 unspecified atom stereocenters. The Balaban J connectivity index is 0.901. The molecule has 7 rings (SSSR count). The molecule has 1 aromatic carbocycles. The summed E-state index contributed by atoms with van der Waals surface area (Å²) in [5.41, 5.74) is 1.55. The van der Waals surface area contributed by atoms with E-state index in [-0.39, 0.29) is 11.8 Å². The van der Waals surface area contributed by atoms with Gasteiger partial charge in [-0.05, 0) is 36.4 Å². The molecule has 2 amide bonds. The number of piperazine rings is 2. The summed E-state index contributed by atoms with van der Waals surface area (Å²) in [6.45, 7) is 7.18. The van der Waals surface area contributed by atoms with Crippen LogP contribution in [0.1, 0.15) is 0 Å². The first-order chi connectivity index (χ1) is 21.6. The summed E-state index contributed by atoms with van der Waals surface area (Å²) in [4.78, 5) is 52.5. The third kappa shape index (κ3) is 6.63. The zero-order valence-corrected chi connectivity index (χ0v) is 25.7. The van der Waals surface area contributed by atoms with Gasteiger partial charge in [-0.3, -0.25) is 19.4 Å². The Morgan fingerprint density at radius 3 is 1.50 bits per heavy atom. The molecule has 2 N–H and O–H groups in total. The largest absolute Gasteiger partial charge is 0.354 e. The monoisotopic (exact) mass is 628 g/mol. The van der Waals surface area contributed by atoms with Crippen molar-refractivity contribution in [2.24, 2.45) is 0 Å². The van der Waals surface area contributed by atoms with Crippen LogP contribution in [0.5, 0.6) is 0 Å². The van der Waals surface area contributed by atoms with Crippen LogP contribution < -0.4 is 20.4 Å². The van der Waals surface area contributed by atoms with Crippen molar-refractivity contribution in [1.29, 1.82) is 0 Å². The molecule has 0 atom stereocenters. The Morgan fingerprint density at radius 2 is 1.09 bits per heavy atom. The van der Waals surface area contributed by atoms with Crippen LogP contribution in [0.2, 0.25) is 0 Å². The molecule has 226 valence electrons. The maximum absolute atomic E-state index is 12.8. The van der Waals surface area contributed by atoms with Gasteiger partial charge in [0.05, 0.1) is 33.5 Å². The van der Waals surface area contributed by atoms with Gasteiger partial charge in [0.1, 0.15) is 11.6 Å². The van der Waals surface area contributed by atoms with E-state index < -0.39 is 0 Å². The Morgan fingerprint density at radius 1 is 0.636 bits per heavy atom. The van der Waals surface area contributed by atoms with Crippen molar-refractivity contribution in [3.05, 3.63) is 60.9 Å². The van der Waals surface area contributed by atoms with Gasteiger partial charge in [-0.1, -0.05) is 34.8 Å². The average molecular weight is 629 g/mol. The van der Waals surface area contributed by atoms with Crippen LogP contribution >= 0.6 is 22.7 Å². The van der Waals surface area contributed by atoms with Crippen molar-refractivity contribution < 1.29 is 9.59 Å². The summed E-state index contributed by atoms with van der Waals surface area (Å²) in [7, 11) is 0. The first kappa shape index (κ1) is 28.5. The number of hydrogen-bond acceptors (Lipinski definition) is 12. The number of thiazole rings is 2. The van der Waals surface area contributed by atoms with E-state index in [2.05, 4.69) is 50.2 Å². The average Bonchev–Trinajstić information content (AvgIpc) is 3.62. The third-order valence-corrected chi connectivity index (χ3v) is 9.68. The first-order valence-corrected chi connectivity index (χ1v) is 16.3. The van der Waals surface area contributed by atoms with Crippen LogP contribution in [0.15, 0.2) is 60.9 Å². The van der Waals surface area contributed by atoms with E-state index in [1.54, 1.807) is 12.4 Å². The lowest BCUT2D eigenvalue weighted by molar-refractivity contribution is -0.118. The van der Waals surface area contributed by atoms with Gasteiger partial charge < -0.3 is 20.4 Å². The number of aromatic nitrogens is 4. The zero-order chi connectivity index (χ0) is 29.9. The Labute approximate surface area is 262 Å².